The Bertz CT molecular complexity index is 604. The fourth-order valence-corrected chi connectivity index (χ4v) is 2.18. The number of amides is 1. The van der Waals surface area contributed by atoms with Gasteiger partial charge in [0.2, 0.25) is 5.88 Å². The van der Waals surface area contributed by atoms with Crippen molar-refractivity contribution in [2.24, 2.45) is 7.05 Å². The molecule has 0 bridgehead atoms. The topological polar surface area (TPSA) is 74.0 Å². The lowest BCUT2D eigenvalue weighted by atomic mass is 10.4. The molecule has 0 radical (unpaired) electrons. The average molecular weight is 328 g/mol. The summed E-state index contributed by atoms with van der Waals surface area (Å²) in [5.74, 6) is 0.727. The molecule has 0 aliphatic carbocycles. The molecule has 0 unspecified atom stereocenters. The Morgan fingerprint density at radius 1 is 1.58 bits per heavy atom. The van der Waals surface area contributed by atoms with Gasteiger partial charge < -0.3 is 10.1 Å². The minimum atomic E-state index is -0.271. The predicted molar refractivity (Wildman–Crippen MR) is 73.3 cm³/mol. The molecule has 0 aliphatic rings. The smallest absolute Gasteiger partial charge is 0.276 e. The van der Waals surface area contributed by atoms with E-state index >= 15 is 0 Å². The van der Waals surface area contributed by atoms with Gasteiger partial charge in [-0.25, -0.2) is 4.68 Å². The monoisotopic (exact) mass is 327 g/mol. The van der Waals surface area contributed by atoms with Crippen molar-refractivity contribution in [3.05, 3.63) is 22.4 Å². The van der Waals surface area contributed by atoms with Crippen LogP contribution in [0.4, 0.5) is 5.82 Å². The van der Waals surface area contributed by atoms with E-state index in [-0.39, 0.29) is 5.91 Å². The van der Waals surface area contributed by atoms with Crippen LogP contribution in [0.3, 0.4) is 0 Å². The van der Waals surface area contributed by atoms with Crippen molar-refractivity contribution in [2.75, 3.05) is 12.4 Å². The van der Waals surface area contributed by atoms with Crippen LogP contribution in [-0.2, 0) is 13.6 Å². The maximum Gasteiger partial charge on any atom is 0.276 e. The lowest BCUT2D eigenvalue weighted by Crippen LogP contribution is -2.18. The first kappa shape index (κ1) is 13.6. The second-order valence-electron chi connectivity index (χ2n) is 3.81. The van der Waals surface area contributed by atoms with E-state index in [1.54, 1.807) is 35.8 Å². The Balaban J connectivity index is 2.22. The number of aryl methyl sites for hydroxylation is 2. The van der Waals surface area contributed by atoms with E-state index in [1.807, 2.05) is 6.92 Å². The highest BCUT2D eigenvalue weighted by Gasteiger charge is 2.18. The van der Waals surface area contributed by atoms with E-state index in [9.17, 15) is 4.79 Å². The summed E-state index contributed by atoms with van der Waals surface area (Å²) in [4.78, 5) is 12.2. The van der Waals surface area contributed by atoms with Crippen molar-refractivity contribution < 1.29 is 9.53 Å². The summed E-state index contributed by atoms with van der Waals surface area (Å²) < 4.78 is 8.89. The molecule has 0 saturated heterocycles. The number of carbonyl (C=O) groups excluding carboxylic acids is 1. The molecule has 0 aromatic carbocycles. The Labute approximate surface area is 118 Å². The maximum absolute atomic E-state index is 12.2. The van der Waals surface area contributed by atoms with Crippen LogP contribution in [0.25, 0.3) is 0 Å². The van der Waals surface area contributed by atoms with E-state index in [2.05, 4.69) is 31.4 Å². The van der Waals surface area contributed by atoms with Crippen LogP contribution in [0.1, 0.15) is 17.4 Å². The summed E-state index contributed by atoms with van der Waals surface area (Å²) in [6.07, 6.45) is 1.59. The number of ether oxygens (including phenoxy) is 1. The highest BCUT2D eigenvalue weighted by Crippen LogP contribution is 2.19. The van der Waals surface area contributed by atoms with Gasteiger partial charge in [0.25, 0.3) is 5.91 Å². The van der Waals surface area contributed by atoms with Crippen LogP contribution in [0.15, 0.2) is 16.7 Å². The number of aromatic nitrogens is 4. The molecule has 2 aromatic rings. The molecule has 8 heteroatoms. The minimum absolute atomic E-state index is 0.271. The summed E-state index contributed by atoms with van der Waals surface area (Å²) in [6, 6.07) is 1.65. The standard InChI is InChI=1S/C11H14BrN5O2/c1-4-17-10(7(12)6-13-17)11(18)14-8-5-9(19-3)16(2)15-8/h5-6H,4H2,1-3H3,(H,14,15,18). The van der Waals surface area contributed by atoms with Gasteiger partial charge >= 0.3 is 0 Å². The van der Waals surface area contributed by atoms with Crippen LogP contribution in [0, 0.1) is 0 Å². The Morgan fingerprint density at radius 3 is 2.89 bits per heavy atom. The van der Waals surface area contributed by atoms with Gasteiger partial charge in [-0.15, -0.1) is 0 Å². The van der Waals surface area contributed by atoms with Gasteiger partial charge in [-0.3, -0.25) is 9.48 Å². The number of carbonyl (C=O) groups is 1. The Morgan fingerprint density at radius 2 is 2.32 bits per heavy atom. The molecule has 2 aromatic heterocycles. The molecule has 2 rings (SSSR count). The van der Waals surface area contributed by atoms with Crippen molar-refractivity contribution in [1.29, 1.82) is 0 Å². The molecule has 0 saturated carbocycles. The molecule has 0 aliphatic heterocycles. The fourth-order valence-electron chi connectivity index (χ4n) is 1.71. The van der Waals surface area contributed by atoms with Crippen LogP contribution >= 0.6 is 15.9 Å². The zero-order valence-electron chi connectivity index (χ0n) is 10.8. The first-order valence-electron chi connectivity index (χ1n) is 5.67. The lowest BCUT2D eigenvalue weighted by Gasteiger charge is -2.04. The zero-order chi connectivity index (χ0) is 14.0. The van der Waals surface area contributed by atoms with Crippen LogP contribution in [0.2, 0.25) is 0 Å². The number of nitrogens with one attached hydrogen (secondary N) is 1. The molecular weight excluding hydrogens is 314 g/mol. The van der Waals surface area contributed by atoms with Crippen molar-refractivity contribution in [3.8, 4) is 5.88 Å². The van der Waals surface area contributed by atoms with Gasteiger partial charge in [0.15, 0.2) is 5.82 Å². The number of hydrogen-bond acceptors (Lipinski definition) is 4. The van der Waals surface area contributed by atoms with Crippen LogP contribution in [0.5, 0.6) is 5.88 Å². The summed E-state index contributed by atoms with van der Waals surface area (Å²) in [6.45, 7) is 2.53. The normalized spacial score (nSPS) is 10.5. The summed E-state index contributed by atoms with van der Waals surface area (Å²) in [5, 5.41) is 10.9. The quantitative estimate of drug-likeness (QED) is 0.926. The third-order valence-electron chi connectivity index (χ3n) is 2.60. The molecule has 0 atom stereocenters. The van der Waals surface area contributed by atoms with Crippen LogP contribution < -0.4 is 10.1 Å². The third kappa shape index (κ3) is 2.62. The third-order valence-corrected chi connectivity index (χ3v) is 3.18. The second-order valence-corrected chi connectivity index (χ2v) is 4.66. The SMILES string of the molecule is CCn1ncc(Br)c1C(=O)Nc1cc(OC)n(C)n1. The van der Waals surface area contributed by atoms with E-state index < -0.39 is 0 Å². The molecule has 7 nitrogen and oxygen atoms in total. The number of halogens is 1. The van der Waals surface area contributed by atoms with Gasteiger partial charge in [-0.05, 0) is 22.9 Å². The van der Waals surface area contributed by atoms with Gasteiger partial charge in [0.05, 0.1) is 17.8 Å². The highest BCUT2D eigenvalue weighted by atomic mass is 79.9. The molecule has 0 spiro atoms. The largest absolute Gasteiger partial charge is 0.481 e. The average Bonchev–Trinajstić information content (AvgIpc) is 2.92. The van der Waals surface area contributed by atoms with E-state index in [0.717, 1.165) is 0 Å². The summed E-state index contributed by atoms with van der Waals surface area (Å²) in [5.41, 5.74) is 0.465. The second kappa shape index (κ2) is 5.43. The molecule has 0 fully saturated rings. The molecule has 1 N–H and O–H groups in total. The van der Waals surface area contributed by atoms with Crippen molar-refractivity contribution >= 4 is 27.7 Å². The van der Waals surface area contributed by atoms with E-state index in [1.165, 1.54) is 0 Å². The van der Waals surface area contributed by atoms with Crippen molar-refractivity contribution in [2.45, 2.75) is 13.5 Å². The number of methoxy groups -OCH3 is 1. The number of nitrogens with zero attached hydrogens (tertiary/aromatic N) is 4. The maximum atomic E-state index is 12.2. The predicted octanol–water partition coefficient (Wildman–Crippen LogP) is 1.66. The number of anilines is 1. The van der Waals surface area contributed by atoms with Crippen molar-refractivity contribution in [3.63, 3.8) is 0 Å². The molecule has 1 amide bonds. The van der Waals surface area contributed by atoms with Gasteiger partial charge in [0.1, 0.15) is 5.69 Å². The first-order valence-corrected chi connectivity index (χ1v) is 6.46. The van der Waals surface area contributed by atoms with Crippen LogP contribution in [-0.4, -0.2) is 32.6 Å². The molecule has 19 heavy (non-hydrogen) atoms. The summed E-state index contributed by atoms with van der Waals surface area (Å²) >= 11 is 3.31. The molecular formula is C11H14BrN5O2. The van der Waals surface area contributed by atoms with Crippen molar-refractivity contribution in [1.82, 2.24) is 19.6 Å². The minimum Gasteiger partial charge on any atom is -0.481 e. The van der Waals surface area contributed by atoms with E-state index in [4.69, 9.17) is 4.74 Å². The Kier molecular flexibility index (Phi) is 3.89. The van der Waals surface area contributed by atoms with Gasteiger partial charge in [-0.1, -0.05) is 0 Å². The fraction of sp³-hybridized carbons (Fsp3) is 0.364. The van der Waals surface area contributed by atoms with Gasteiger partial charge in [0, 0.05) is 19.7 Å². The zero-order valence-corrected chi connectivity index (χ0v) is 12.4. The van der Waals surface area contributed by atoms with E-state index in [0.29, 0.717) is 28.4 Å². The lowest BCUT2D eigenvalue weighted by molar-refractivity contribution is 0.101. The number of rotatable bonds is 4. The molecule has 2 heterocycles. The van der Waals surface area contributed by atoms with Gasteiger partial charge in [-0.2, -0.15) is 10.2 Å². The summed E-state index contributed by atoms with van der Waals surface area (Å²) in [7, 11) is 3.28. The molecule has 102 valence electrons. The highest BCUT2D eigenvalue weighted by molar-refractivity contribution is 9.10. The Hall–Kier alpha value is -1.83. The first-order chi connectivity index (χ1) is 9.06. The number of hydrogen-bond donors (Lipinski definition) is 1.